The zero-order valence-corrected chi connectivity index (χ0v) is 16.2. The summed E-state index contributed by atoms with van der Waals surface area (Å²) < 4.78 is 2.17. The third kappa shape index (κ3) is 3.97. The number of halogens is 1. The predicted molar refractivity (Wildman–Crippen MR) is 111 cm³/mol. The summed E-state index contributed by atoms with van der Waals surface area (Å²) in [5.41, 5.74) is 3.45. The third-order valence-electron chi connectivity index (χ3n) is 4.30. The van der Waals surface area contributed by atoms with E-state index < -0.39 is 0 Å². The van der Waals surface area contributed by atoms with E-state index in [9.17, 15) is 0 Å². The van der Waals surface area contributed by atoms with Crippen LogP contribution in [0.4, 0.5) is 5.69 Å². The highest BCUT2D eigenvalue weighted by Crippen LogP contribution is 2.23. The second kappa shape index (κ2) is 7.46. The molecule has 1 heterocycles. The fourth-order valence-electron chi connectivity index (χ4n) is 2.95. The van der Waals surface area contributed by atoms with Crippen LogP contribution in [0.1, 0.15) is 19.4 Å². The van der Waals surface area contributed by atoms with Crippen LogP contribution in [0.25, 0.3) is 10.9 Å². The summed E-state index contributed by atoms with van der Waals surface area (Å²) in [6, 6.07) is 16.3. The Bertz CT molecular complexity index is 884. The van der Waals surface area contributed by atoms with E-state index in [4.69, 9.17) is 23.8 Å². The SMILES string of the molecule is CC(C)N(Cc1cn(C)c2ccccc12)C(=S)Nc1ccc(Cl)cc1. The van der Waals surface area contributed by atoms with Gasteiger partial charge < -0.3 is 14.8 Å². The molecule has 1 N–H and O–H groups in total. The maximum atomic E-state index is 5.95. The summed E-state index contributed by atoms with van der Waals surface area (Å²) in [5, 5.41) is 6.01. The van der Waals surface area contributed by atoms with E-state index in [1.165, 1.54) is 16.5 Å². The molecule has 0 saturated heterocycles. The molecule has 0 aliphatic carbocycles. The van der Waals surface area contributed by atoms with Gasteiger partial charge in [0.1, 0.15) is 0 Å². The second-order valence-corrected chi connectivity index (χ2v) is 7.26. The van der Waals surface area contributed by atoms with Crippen LogP contribution < -0.4 is 5.32 Å². The fraction of sp³-hybridized carbons (Fsp3) is 0.250. The van der Waals surface area contributed by atoms with Gasteiger partial charge in [0.25, 0.3) is 0 Å². The Labute approximate surface area is 159 Å². The number of hydrogen-bond acceptors (Lipinski definition) is 1. The van der Waals surface area contributed by atoms with Crippen molar-refractivity contribution in [2.24, 2.45) is 7.05 Å². The molecule has 0 unspecified atom stereocenters. The van der Waals surface area contributed by atoms with E-state index in [0.29, 0.717) is 10.1 Å². The molecule has 0 radical (unpaired) electrons. The van der Waals surface area contributed by atoms with Gasteiger partial charge in [-0.25, -0.2) is 0 Å². The van der Waals surface area contributed by atoms with Crippen LogP contribution in [0.5, 0.6) is 0 Å². The van der Waals surface area contributed by atoms with Crippen molar-refractivity contribution in [2.45, 2.75) is 26.4 Å². The Morgan fingerprint density at radius 1 is 1.16 bits per heavy atom. The smallest absolute Gasteiger partial charge is 0.173 e. The van der Waals surface area contributed by atoms with Crippen LogP contribution in [-0.4, -0.2) is 20.6 Å². The summed E-state index contributed by atoms with van der Waals surface area (Å²) in [6.45, 7) is 5.07. The number of fused-ring (bicyclic) bond motifs is 1. The maximum absolute atomic E-state index is 5.95. The summed E-state index contributed by atoms with van der Waals surface area (Å²) in [7, 11) is 2.08. The molecule has 0 saturated carbocycles. The maximum Gasteiger partial charge on any atom is 0.173 e. The summed E-state index contributed by atoms with van der Waals surface area (Å²) in [4.78, 5) is 2.20. The van der Waals surface area contributed by atoms with Crippen molar-refractivity contribution < 1.29 is 0 Å². The highest BCUT2D eigenvalue weighted by molar-refractivity contribution is 7.80. The predicted octanol–water partition coefficient (Wildman–Crippen LogP) is 5.44. The van der Waals surface area contributed by atoms with E-state index in [2.05, 4.69) is 66.1 Å². The molecule has 0 spiro atoms. The number of nitrogens with one attached hydrogen (secondary N) is 1. The minimum absolute atomic E-state index is 0.284. The van der Waals surface area contributed by atoms with Crippen LogP contribution >= 0.6 is 23.8 Å². The Kier molecular flexibility index (Phi) is 5.30. The number of para-hydroxylation sites is 1. The molecule has 5 heteroatoms. The van der Waals surface area contributed by atoms with Crippen LogP contribution in [0.3, 0.4) is 0 Å². The molecule has 0 bridgehead atoms. The van der Waals surface area contributed by atoms with Gasteiger partial charge in [0.05, 0.1) is 0 Å². The first-order valence-electron chi connectivity index (χ1n) is 8.32. The number of anilines is 1. The number of benzene rings is 2. The quantitative estimate of drug-likeness (QED) is 0.617. The average molecular weight is 372 g/mol. The number of aromatic nitrogens is 1. The van der Waals surface area contributed by atoms with Gasteiger partial charge in [-0.3, -0.25) is 0 Å². The molecule has 3 rings (SSSR count). The lowest BCUT2D eigenvalue weighted by molar-refractivity contribution is 0.349. The molecule has 130 valence electrons. The zero-order valence-electron chi connectivity index (χ0n) is 14.7. The van der Waals surface area contributed by atoms with Crippen LogP contribution in [0, 0.1) is 0 Å². The normalized spacial score (nSPS) is 11.1. The minimum Gasteiger partial charge on any atom is -0.350 e. The van der Waals surface area contributed by atoms with Gasteiger partial charge in [0.15, 0.2) is 5.11 Å². The molecule has 2 aromatic carbocycles. The highest BCUT2D eigenvalue weighted by Gasteiger charge is 2.17. The standard InChI is InChI=1S/C20H22ClN3S/c1-14(2)24(20(25)22-17-10-8-16(21)9-11-17)13-15-12-23(3)19-7-5-4-6-18(15)19/h4-12,14H,13H2,1-3H3,(H,22,25). The monoisotopic (exact) mass is 371 g/mol. The first kappa shape index (κ1) is 17.8. The lowest BCUT2D eigenvalue weighted by Crippen LogP contribution is -2.39. The fourth-order valence-corrected chi connectivity index (χ4v) is 3.47. The van der Waals surface area contributed by atoms with Gasteiger partial charge >= 0.3 is 0 Å². The van der Waals surface area contributed by atoms with Gasteiger partial charge in [0, 0.05) is 47.4 Å². The molecule has 25 heavy (non-hydrogen) atoms. The first-order valence-corrected chi connectivity index (χ1v) is 9.10. The molecular formula is C20H22ClN3S. The van der Waals surface area contributed by atoms with E-state index in [1.54, 1.807) is 0 Å². The molecule has 0 atom stereocenters. The molecule has 0 fully saturated rings. The first-order chi connectivity index (χ1) is 12.0. The van der Waals surface area contributed by atoms with Crippen molar-refractivity contribution in [3.8, 4) is 0 Å². The second-order valence-electron chi connectivity index (χ2n) is 6.44. The number of thiocarbonyl (C=S) groups is 1. The molecule has 3 nitrogen and oxygen atoms in total. The number of nitrogens with zero attached hydrogens (tertiary/aromatic N) is 2. The number of rotatable bonds is 4. The van der Waals surface area contributed by atoms with E-state index in [0.717, 1.165) is 12.2 Å². The van der Waals surface area contributed by atoms with Crippen molar-refractivity contribution in [1.82, 2.24) is 9.47 Å². The van der Waals surface area contributed by atoms with Crippen molar-refractivity contribution in [2.75, 3.05) is 5.32 Å². The van der Waals surface area contributed by atoms with E-state index in [1.807, 2.05) is 24.3 Å². The minimum atomic E-state index is 0.284. The Morgan fingerprint density at radius 2 is 1.84 bits per heavy atom. The summed E-state index contributed by atoms with van der Waals surface area (Å²) >= 11 is 11.6. The lowest BCUT2D eigenvalue weighted by atomic mass is 10.1. The van der Waals surface area contributed by atoms with Gasteiger partial charge in [-0.1, -0.05) is 29.8 Å². The van der Waals surface area contributed by atoms with Gasteiger partial charge in [0.2, 0.25) is 0 Å². The largest absolute Gasteiger partial charge is 0.350 e. The molecule has 0 aliphatic rings. The van der Waals surface area contributed by atoms with Crippen molar-refractivity contribution >= 4 is 45.5 Å². The van der Waals surface area contributed by atoms with Crippen LogP contribution in [0.15, 0.2) is 54.7 Å². The van der Waals surface area contributed by atoms with E-state index in [-0.39, 0.29) is 6.04 Å². The van der Waals surface area contributed by atoms with Crippen molar-refractivity contribution in [1.29, 1.82) is 0 Å². The molecule has 0 amide bonds. The number of aryl methyl sites for hydroxylation is 1. The highest BCUT2D eigenvalue weighted by atomic mass is 35.5. The molecule has 3 aromatic rings. The van der Waals surface area contributed by atoms with Gasteiger partial charge in [-0.2, -0.15) is 0 Å². The van der Waals surface area contributed by atoms with Crippen molar-refractivity contribution in [3.63, 3.8) is 0 Å². The molecule has 1 aromatic heterocycles. The average Bonchev–Trinajstić information content (AvgIpc) is 2.91. The topological polar surface area (TPSA) is 20.2 Å². The Balaban J connectivity index is 1.83. The summed E-state index contributed by atoms with van der Waals surface area (Å²) in [6.07, 6.45) is 2.19. The number of hydrogen-bond donors (Lipinski definition) is 1. The van der Waals surface area contributed by atoms with Crippen LogP contribution in [0.2, 0.25) is 5.02 Å². The molecule has 0 aliphatic heterocycles. The molecular weight excluding hydrogens is 350 g/mol. The van der Waals surface area contributed by atoms with E-state index >= 15 is 0 Å². The lowest BCUT2D eigenvalue weighted by Gasteiger charge is -2.29. The van der Waals surface area contributed by atoms with Crippen molar-refractivity contribution in [3.05, 3.63) is 65.3 Å². The zero-order chi connectivity index (χ0) is 18.0. The Morgan fingerprint density at radius 3 is 2.52 bits per heavy atom. The van der Waals surface area contributed by atoms with Gasteiger partial charge in [-0.05, 0) is 62.0 Å². The third-order valence-corrected chi connectivity index (χ3v) is 4.89. The van der Waals surface area contributed by atoms with Crippen LogP contribution in [-0.2, 0) is 13.6 Å². The Hall–Kier alpha value is -2.04. The van der Waals surface area contributed by atoms with Gasteiger partial charge in [-0.15, -0.1) is 0 Å². The summed E-state index contributed by atoms with van der Waals surface area (Å²) in [5.74, 6) is 0.